The number of hydrogen-bond acceptors (Lipinski definition) is 3. The van der Waals surface area contributed by atoms with Crippen molar-refractivity contribution in [2.75, 3.05) is 6.61 Å². The van der Waals surface area contributed by atoms with Crippen LogP contribution in [0.2, 0.25) is 0 Å². The highest BCUT2D eigenvalue weighted by molar-refractivity contribution is 5.73. The van der Waals surface area contributed by atoms with Crippen LogP contribution in [0, 0.1) is 0 Å². The molecule has 1 aromatic carbocycles. The molecular formula is C16H19N3O2. The van der Waals surface area contributed by atoms with Crippen LogP contribution in [0.15, 0.2) is 48.8 Å². The van der Waals surface area contributed by atoms with E-state index in [-0.39, 0.29) is 6.03 Å². The van der Waals surface area contributed by atoms with Crippen molar-refractivity contribution in [2.45, 2.75) is 20.0 Å². The van der Waals surface area contributed by atoms with E-state index >= 15 is 0 Å². The van der Waals surface area contributed by atoms with Crippen LogP contribution in [-0.4, -0.2) is 17.6 Å². The van der Waals surface area contributed by atoms with Crippen LogP contribution < -0.4 is 15.4 Å². The van der Waals surface area contributed by atoms with Crippen molar-refractivity contribution in [2.24, 2.45) is 0 Å². The zero-order valence-corrected chi connectivity index (χ0v) is 12.0. The van der Waals surface area contributed by atoms with Gasteiger partial charge in [-0.05, 0) is 30.7 Å². The second-order valence-electron chi connectivity index (χ2n) is 4.43. The summed E-state index contributed by atoms with van der Waals surface area (Å²) >= 11 is 0. The molecule has 0 aliphatic heterocycles. The van der Waals surface area contributed by atoms with Crippen LogP contribution in [0.1, 0.15) is 18.1 Å². The number of amides is 2. The van der Waals surface area contributed by atoms with E-state index in [0.717, 1.165) is 16.9 Å². The summed E-state index contributed by atoms with van der Waals surface area (Å²) in [7, 11) is 0. The lowest BCUT2D eigenvalue weighted by Crippen LogP contribution is -2.34. The number of pyridine rings is 1. The molecule has 0 unspecified atom stereocenters. The van der Waals surface area contributed by atoms with E-state index in [2.05, 4.69) is 15.6 Å². The average Bonchev–Trinajstić information content (AvgIpc) is 2.53. The van der Waals surface area contributed by atoms with Gasteiger partial charge in [0.1, 0.15) is 5.75 Å². The topological polar surface area (TPSA) is 63.2 Å². The lowest BCUT2D eigenvalue weighted by atomic mass is 10.2. The first-order valence-electron chi connectivity index (χ1n) is 6.91. The molecule has 0 spiro atoms. The van der Waals surface area contributed by atoms with Crippen molar-refractivity contribution >= 4 is 6.03 Å². The van der Waals surface area contributed by atoms with E-state index in [9.17, 15) is 4.79 Å². The lowest BCUT2D eigenvalue weighted by molar-refractivity contribution is 0.240. The Balaban J connectivity index is 1.81. The van der Waals surface area contributed by atoms with Crippen LogP contribution in [-0.2, 0) is 13.1 Å². The number of nitrogens with zero attached hydrogens (tertiary/aromatic N) is 1. The number of para-hydroxylation sites is 1. The normalized spacial score (nSPS) is 9.95. The monoisotopic (exact) mass is 285 g/mol. The number of aromatic nitrogens is 1. The van der Waals surface area contributed by atoms with Gasteiger partial charge in [-0.25, -0.2) is 4.79 Å². The number of carbonyl (C=O) groups is 1. The third kappa shape index (κ3) is 4.80. The maximum Gasteiger partial charge on any atom is 0.315 e. The van der Waals surface area contributed by atoms with Crippen LogP contribution in [0.3, 0.4) is 0 Å². The zero-order valence-electron chi connectivity index (χ0n) is 12.0. The predicted molar refractivity (Wildman–Crippen MR) is 80.9 cm³/mol. The number of ether oxygens (including phenoxy) is 1. The average molecular weight is 285 g/mol. The predicted octanol–water partition coefficient (Wildman–Crippen LogP) is 2.48. The highest BCUT2D eigenvalue weighted by atomic mass is 16.5. The summed E-state index contributed by atoms with van der Waals surface area (Å²) in [5.41, 5.74) is 1.97. The molecule has 5 nitrogen and oxygen atoms in total. The molecule has 0 radical (unpaired) electrons. The fraction of sp³-hybridized carbons (Fsp3) is 0.250. The van der Waals surface area contributed by atoms with Gasteiger partial charge < -0.3 is 15.4 Å². The molecule has 2 rings (SSSR count). The summed E-state index contributed by atoms with van der Waals surface area (Å²) in [6.07, 6.45) is 3.40. The van der Waals surface area contributed by atoms with Crippen LogP contribution in [0.4, 0.5) is 4.79 Å². The third-order valence-corrected chi connectivity index (χ3v) is 2.91. The Kier molecular flexibility index (Phi) is 5.58. The Bertz CT molecular complexity index is 573. The first-order valence-corrected chi connectivity index (χ1v) is 6.91. The Hall–Kier alpha value is -2.56. The Morgan fingerprint density at radius 2 is 1.81 bits per heavy atom. The summed E-state index contributed by atoms with van der Waals surface area (Å²) in [4.78, 5) is 15.7. The van der Waals surface area contributed by atoms with E-state index in [1.54, 1.807) is 12.4 Å². The third-order valence-electron chi connectivity index (χ3n) is 2.91. The second-order valence-corrected chi connectivity index (χ2v) is 4.43. The van der Waals surface area contributed by atoms with Gasteiger partial charge in [0.15, 0.2) is 0 Å². The molecule has 0 saturated heterocycles. The Morgan fingerprint density at radius 3 is 2.57 bits per heavy atom. The largest absolute Gasteiger partial charge is 0.494 e. The van der Waals surface area contributed by atoms with Crippen molar-refractivity contribution in [3.05, 3.63) is 59.9 Å². The van der Waals surface area contributed by atoms with E-state index in [1.807, 2.05) is 43.3 Å². The molecule has 0 bridgehead atoms. The molecule has 2 aromatic rings. The number of urea groups is 1. The van der Waals surface area contributed by atoms with Gasteiger partial charge in [-0.3, -0.25) is 4.98 Å². The molecule has 2 N–H and O–H groups in total. The smallest absolute Gasteiger partial charge is 0.315 e. The van der Waals surface area contributed by atoms with Crippen molar-refractivity contribution in [3.8, 4) is 5.75 Å². The molecule has 5 heteroatoms. The quantitative estimate of drug-likeness (QED) is 0.857. The van der Waals surface area contributed by atoms with Crippen LogP contribution in [0.25, 0.3) is 0 Å². The molecular weight excluding hydrogens is 266 g/mol. The van der Waals surface area contributed by atoms with Crippen molar-refractivity contribution in [1.29, 1.82) is 0 Å². The lowest BCUT2D eigenvalue weighted by Gasteiger charge is -2.11. The van der Waals surface area contributed by atoms with E-state index < -0.39 is 0 Å². The van der Waals surface area contributed by atoms with E-state index in [1.165, 1.54) is 0 Å². The minimum absolute atomic E-state index is 0.210. The summed E-state index contributed by atoms with van der Waals surface area (Å²) in [6, 6.07) is 11.2. The van der Waals surface area contributed by atoms with Crippen LogP contribution >= 0.6 is 0 Å². The Morgan fingerprint density at radius 1 is 1.10 bits per heavy atom. The fourth-order valence-electron chi connectivity index (χ4n) is 1.87. The maximum absolute atomic E-state index is 11.8. The number of hydrogen-bond donors (Lipinski definition) is 2. The molecule has 0 atom stereocenters. The van der Waals surface area contributed by atoms with Gasteiger partial charge in [0.05, 0.1) is 6.61 Å². The standard InChI is InChI=1S/C16H19N3O2/c1-2-21-15-6-4-3-5-14(15)12-19-16(20)18-11-13-7-9-17-10-8-13/h3-10H,2,11-12H2,1H3,(H2,18,19,20). The minimum atomic E-state index is -0.210. The molecule has 0 fully saturated rings. The first-order chi connectivity index (χ1) is 10.3. The highest BCUT2D eigenvalue weighted by Crippen LogP contribution is 2.17. The fourth-order valence-corrected chi connectivity index (χ4v) is 1.87. The van der Waals surface area contributed by atoms with E-state index in [0.29, 0.717) is 19.7 Å². The van der Waals surface area contributed by atoms with Gasteiger partial charge in [0, 0.05) is 31.0 Å². The molecule has 1 heterocycles. The van der Waals surface area contributed by atoms with Gasteiger partial charge in [-0.2, -0.15) is 0 Å². The molecule has 110 valence electrons. The summed E-state index contributed by atoms with van der Waals surface area (Å²) in [5.74, 6) is 0.800. The zero-order chi connectivity index (χ0) is 14.9. The SMILES string of the molecule is CCOc1ccccc1CNC(=O)NCc1ccncc1. The molecule has 0 saturated carbocycles. The molecule has 0 aliphatic rings. The number of nitrogens with one attached hydrogen (secondary N) is 2. The molecule has 1 aromatic heterocycles. The highest BCUT2D eigenvalue weighted by Gasteiger charge is 2.05. The number of rotatable bonds is 6. The van der Waals surface area contributed by atoms with Crippen molar-refractivity contribution in [1.82, 2.24) is 15.6 Å². The van der Waals surface area contributed by atoms with Gasteiger partial charge in [0.2, 0.25) is 0 Å². The number of benzene rings is 1. The van der Waals surface area contributed by atoms with Crippen molar-refractivity contribution < 1.29 is 9.53 Å². The summed E-state index contributed by atoms with van der Waals surface area (Å²) < 4.78 is 5.52. The van der Waals surface area contributed by atoms with Crippen LogP contribution in [0.5, 0.6) is 5.75 Å². The molecule has 0 aliphatic carbocycles. The van der Waals surface area contributed by atoms with E-state index in [4.69, 9.17) is 4.74 Å². The summed E-state index contributed by atoms with van der Waals surface area (Å²) in [5, 5.41) is 5.62. The Labute approximate surface area is 124 Å². The molecule has 2 amide bonds. The van der Waals surface area contributed by atoms with Crippen molar-refractivity contribution in [3.63, 3.8) is 0 Å². The minimum Gasteiger partial charge on any atom is -0.494 e. The van der Waals surface area contributed by atoms with Gasteiger partial charge >= 0.3 is 6.03 Å². The maximum atomic E-state index is 11.8. The molecule has 21 heavy (non-hydrogen) atoms. The van der Waals surface area contributed by atoms with Gasteiger partial charge in [0.25, 0.3) is 0 Å². The van der Waals surface area contributed by atoms with Gasteiger partial charge in [-0.1, -0.05) is 18.2 Å². The summed E-state index contributed by atoms with van der Waals surface area (Å²) in [6.45, 7) is 3.44. The van der Waals surface area contributed by atoms with Gasteiger partial charge in [-0.15, -0.1) is 0 Å². The first kappa shape index (κ1) is 14.8. The number of carbonyl (C=O) groups excluding carboxylic acids is 1. The second kappa shape index (κ2) is 7.89.